The number of benzene rings is 1. The van der Waals surface area contributed by atoms with E-state index < -0.39 is 0 Å². The lowest BCUT2D eigenvalue weighted by atomic mass is 10.1. The molecule has 0 saturated heterocycles. The number of imidazole rings is 1. The van der Waals surface area contributed by atoms with Gasteiger partial charge in [-0.2, -0.15) is 9.50 Å². The van der Waals surface area contributed by atoms with Crippen molar-refractivity contribution >= 4 is 28.5 Å². The first kappa shape index (κ1) is 14.3. The maximum atomic E-state index is 5.50. The molecule has 0 aliphatic heterocycles. The van der Waals surface area contributed by atoms with Gasteiger partial charge in [0, 0.05) is 18.0 Å². The molecule has 0 atom stereocenters. The zero-order valence-corrected chi connectivity index (χ0v) is 13.2. The van der Waals surface area contributed by atoms with Gasteiger partial charge in [0.25, 0.3) is 0 Å². The van der Waals surface area contributed by atoms with Crippen molar-refractivity contribution in [1.82, 2.24) is 9.99 Å². The molecule has 7 heteroatoms. The van der Waals surface area contributed by atoms with Crippen molar-refractivity contribution in [1.29, 1.82) is 0 Å². The number of guanidine groups is 1. The number of hydrazone groups is 1. The lowest BCUT2D eigenvalue weighted by Gasteiger charge is -1.99. The molecule has 0 bridgehead atoms. The molecule has 22 heavy (non-hydrogen) atoms. The van der Waals surface area contributed by atoms with Gasteiger partial charge in [-0.15, -0.1) is 0 Å². The van der Waals surface area contributed by atoms with Gasteiger partial charge in [0.05, 0.1) is 13.3 Å². The zero-order valence-electron chi connectivity index (χ0n) is 12.4. The number of hydrogen-bond donors (Lipinski definition) is 2. The van der Waals surface area contributed by atoms with E-state index in [0.717, 1.165) is 11.1 Å². The molecule has 0 unspecified atom stereocenters. The minimum absolute atomic E-state index is 0.286. The molecular formula is C15H17N6S+. The van der Waals surface area contributed by atoms with Gasteiger partial charge in [-0.3, -0.25) is 4.99 Å². The fourth-order valence-corrected chi connectivity index (χ4v) is 2.99. The summed E-state index contributed by atoms with van der Waals surface area (Å²) in [7, 11) is 3.68. The van der Waals surface area contributed by atoms with Crippen molar-refractivity contribution in [2.75, 3.05) is 7.05 Å². The van der Waals surface area contributed by atoms with Crippen LogP contribution in [0.25, 0.3) is 16.2 Å². The van der Waals surface area contributed by atoms with Crippen LogP contribution in [-0.4, -0.2) is 23.8 Å². The number of nitrogens with zero attached hydrogens (tertiary/aromatic N) is 4. The summed E-state index contributed by atoms with van der Waals surface area (Å²) in [5, 5.41) is 6.10. The van der Waals surface area contributed by atoms with E-state index in [1.807, 2.05) is 12.1 Å². The maximum absolute atomic E-state index is 5.50. The summed E-state index contributed by atoms with van der Waals surface area (Å²) >= 11 is 1.72. The molecule has 0 saturated carbocycles. The molecule has 3 aromatic rings. The molecule has 0 fully saturated rings. The average Bonchev–Trinajstić information content (AvgIpc) is 3.11. The van der Waals surface area contributed by atoms with Crippen LogP contribution in [0.1, 0.15) is 5.56 Å². The SMILES string of the molecule is CN=C(N)N/N=C/c1ccc(-c2c[n+]3ccsc3n2C)cc1. The molecular weight excluding hydrogens is 296 g/mol. The maximum Gasteiger partial charge on any atom is 0.345 e. The first-order valence-corrected chi connectivity index (χ1v) is 7.63. The molecule has 0 aliphatic rings. The molecule has 2 heterocycles. The van der Waals surface area contributed by atoms with Crippen LogP contribution >= 0.6 is 11.3 Å². The minimum atomic E-state index is 0.286. The quantitative estimate of drug-likeness (QED) is 0.332. The molecule has 3 rings (SSSR count). The molecule has 0 aliphatic carbocycles. The average molecular weight is 313 g/mol. The van der Waals surface area contributed by atoms with Gasteiger partial charge in [0.2, 0.25) is 5.96 Å². The summed E-state index contributed by atoms with van der Waals surface area (Å²) in [6.45, 7) is 0. The fourth-order valence-electron chi connectivity index (χ4n) is 2.18. The third kappa shape index (κ3) is 2.71. The molecule has 2 aromatic heterocycles. The van der Waals surface area contributed by atoms with E-state index in [4.69, 9.17) is 5.73 Å². The van der Waals surface area contributed by atoms with E-state index >= 15 is 0 Å². The van der Waals surface area contributed by atoms with E-state index in [2.05, 4.69) is 61.4 Å². The smallest absolute Gasteiger partial charge is 0.345 e. The van der Waals surface area contributed by atoms with Crippen molar-refractivity contribution in [3.8, 4) is 11.3 Å². The van der Waals surface area contributed by atoms with Crippen LogP contribution < -0.4 is 15.6 Å². The summed E-state index contributed by atoms with van der Waals surface area (Å²) in [5.74, 6) is 0.286. The second kappa shape index (κ2) is 5.98. The highest BCUT2D eigenvalue weighted by atomic mass is 32.1. The third-order valence-electron chi connectivity index (χ3n) is 3.37. The van der Waals surface area contributed by atoms with Crippen LogP contribution in [0, 0.1) is 0 Å². The second-order valence-electron chi connectivity index (χ2n) is 4.77. The molecule has 112 valence electrons. The highest BCUT2D eigenvalue weighted by Gasteiger charge is 2.16. The topological polar surface area (TPSA) is 71.8 Å². The first-order chi connectivity index (χ1) is 10.7. The van der Waals surface area contributed by atoms with Crippen LogP contribution in [0.2, 0.25) is 0 Å². The van der Waals surface area contributed by atoms with Crippen LogP contribution in [0.5, 0.6) is 0 Å². The zero-order chi connectivity index (χ0) is 15.5. The Bertz CT molecular complexity index is 841. The van der Waals surface area contributed by atoms with Gasteiger partial charge in [0.15, 0.2) is 5.69 Å². The van der Waals surface area contributed by atoms with Crippen LogP contribution in [0.3, 0.4) is 0 Å². The number of rotatable bonds is 3. The Morgan fingerprint density at radius 1 is 1.36 bits per heavy atom. The van der Waals surface area contributed by atoms with E-state index in [9.17, 15) is 0 Å². The molecule has 3 N–H and O–H groups in total. The van der Waals surface area contributed by atoms with Crippen molar-refractivity contribution in [3.05, 3.63) is 47.6 Å². The minimum Gasteiger partial charge on any atom is -0.369 e. The standard InChI is InChI=1S/C15H17N6S/c1-17-14(16)19-18-9-11-3-5-12(6-4-11)13-10-21-7-8-22-15(21)20(13)2/h3-10H,1-2H3,(H3,16,17,19)/q+1/b18-9+. The summed E-state index contributed by atoms with van der Waals surface area (Å²) in [4.78, 5) is 4.97. The molecule has 0 amide bonds. The van der Waals surface area contributed by atoms with Gasteiger partial charge < -0.3 is 5.73 Å². The van der Waals surface area contributed by atoms with E-state index in [1.54, 1.807) is 24.6 Å². The van der Waals surface area contributed by atoms with Crippen molar-refractivity contribution in [2.45, 2.75) is 0 Å². The van der Waals surface area contributed by atoms with Crippen LogP contribution in [0.15, 0.2) is 52.1 Å². The number of nitrogens with one attached hydrogen (secondary N) is 1. The van der Waals surface area contributed by atoms with Gasteiger partial charge >= 0.3 is 4.96 Å². The fraction of sp³-hybridized carbons (Fsp3) is 0.133. The number of thiazole rings is 1. The summed E-state index contributed by atoms with van der Waals surface area (Å²) in [5.41, 5.74) is 11.5. The molecule has 0 radical (unpaired) electrons. The van der Waals surface area contributed by atoms with Crippen molar-refractivity contribution < 1.29 is 4.40 Å². The largest absolute Gasteiger partial charge is 0.369 e. The van der Waals surface area contributed by atoms with Gasteiger partial charge in [-0.1, -0.05) is 23.5 Å². The van der Waals surface area contributed by atoms with Gasteiger partial charge in [0.1, 0.15) is 12.4 Å². The predicted molar refractivity (Wildman–Crippen MR) is 90.2 cm³/mol. The van der Waals surface area contributed by atoms with Crippen molar-refractivity contribution in [3.63, 3.8) is 0 Å². The number of nitrogens with two attached hydrogens (primary N) is 1. The monoisotopic (exact) mass is 313 g/mol. The molecule has 0 spiro atoms. The van der Waals surface area contributed by atoms with E-state index in [-0.39, 0.29) is 5.96 Å². The summed E-state index contributed by atoms with van der Waals surface area (Å²) in [6.07, 6.45) is 5.91. The predicted octanol–water partition coefficient (Wildman–Crippen LogP) is 1.36. The Morgan fingerprint density at radius 2 is 2.14 bits per heavy atom. The van der Waals surface area contributed by atoms with E-state index in [1.165, 1.54) is 10.7 Å². The normalized spacial score (nSPS) is 12.4. The Balaban J connectivity index is 1.82. The highest BCUT2D eigenvalue weighted by molar-refractivity contribution is 7.14. The number of aromatic nitrogens is 2. The van der Waals surface area contributed by atoms with Crippen LogP contribution in [-0.2, 0) is 7.05 Å². The van der Waals surface area contributed by atoms with Crippen molar-refractivity contribution in [2.24, 2.45) is 22.9 Å². The number of hydrogen-bond acceptors (Lipinski definition) is 3. The highest BCUT2D eigenvalue weighted by Crippen LogP contribution is 2.21. The van der Waals surface area contributed by atoms with Crippen LogP contribution in [0.4, 0.5) is 0 Å². The van der Waals surface area contributed by atoms with E-state index in [0.29, 0.717) is 0 Å². The Kier molecular flexibility index (Phi) is 3.88. The lowest BCUT2D eigenvalue weighted by Crippen LogP contribution is -2.26. The summed E-state index contributed by atoms with van der Waals surface area (Å²) < 4.78 is 4.32. The van der Waals surface area contributed by atoms with Gasteiger partial charge in [-0.05, 0) is 17.7 Å². The number of aryl methyl sites for hydroxylation is 1. The first-order valence-electron chi connectivity index (χ1n) is 6.75. The lowest BCUT2D eigenvalue weighted by molar-refractivity contribution is -0.505. The van der Waals surface area contributed by atoms with Gasteiger partial charge in [-0.25, -0.2) is 9.99 Å². The summed E-state index contributed by atoms with van der Waals surface area (Å²) in [6, 6.07) is 8.20. The number of aliphatic imine (C=N–C) groups is 1. The Labute approximate surface area is 132 Å². The number of fused-ring (bicyclic) bond motifs is 1. The Hall–Kier alpha value is -2.67. The molecule has 6 nitrogen and oxygen atoms in total. The second-order valence-corrected chi connectivity index (χ2v) is 5.64. The Morgan fingerprint density at radius 3 is 2.82 bits per heavy atom. The third-order valence-corrected chi connectivity index (χ3v) is 4.32. The molecule has 1 aromatic carbocycles.